The minimum Gasteiger partial charge on any atom is -0.358 e. The Morgan fingerprint density at radius 1 is 0.815 bits per heavy atom. The molecule has 0 atom stereocenters. The summed E-state index contributed by atoms with van der Waals surface area (Å²) in [4.78, 5) is 1.41. The van der Waals surface area contributed by atoms with E-state index in [1.54, 1.807) is 0 Å². The molecule has 1 nitrogen and oxygen atoms in total. The number of thiophene rings is 1. The number of aryl methyl sites for hydroxylation is 1. The van der Waals surface area contributed by atoms with Gasteiger partial charge in [0.2, 0.25) is 0 Å². The van der Waals surface area contributed by atoms with Gasteiger partial charge in [-0.15, -0.1) is 11.3 Å². The lowest BCUT2D eigenvalue weighted by molar-refractivity contribution is 0.915. The first-order valence-electron chi connectivity index (χ1n) is 9.51. The molecule has 0 spiro atoms. The summed E-state index contributed by atoms with van der Waals surface area (Å²) in [5, 5.41) is 5.17. The Bertz CT molecular complexity index is 1260. The van der Waals surface area contributed by atoms with Gasteiger partial charge in [0, 0.05) is 43.0 Å². The van der Waals surface area contributed by atoms with Crippen LogP contribution in [-0.4, -0.2) is 0 Å². The van der Waals surface area contributed by atoms with Gasteiger partial charge in [0.15, 0.2) is 0 Å². The zero-order chi connectivity index (χ0) is 18.0. The van der Waals surface area contributed by atoms with Crippen LogP contribution in [0.15, 0.2) is 72.4 Å². The molecular formula is C25H19NS. The summed E-state index contributed by atoms with van der Waals surface area (Å²) in [5.41, 5.74) is 11.0. The molecule has 130 valence electrons. The van der Waals surface area contributed by atoms with Gasteiger partial charge < -0.3 is 5.32 Å². The summed E-state index contributed by atoms with van der Waals surface area (Å²) in [6, 6.07) is 24.3. The number of hydrogen-bond donors (Lipinski definition) is 1. The number of benzene rings is 3. The van der Waals surface area contributed by atoms with Crippen LogP contribution in [0.4, 0.5) is 5.69 Å². The molecule has 2 aliphatic rings. The minimum atomic E-state index is 1.06. The molecule has 27 heavy (non-hydrogen) atoms. The Hall–Kier alpha value is -2.84. The van der Waals surface area contributed by atoms with Gasteiger partial charge in [-0.1, -0.05) is 54.6 Å². The third-order valence-electron chi connectivity index (χ3n) is 5.91. The molecule has 1 aromatic heterocycles. The Balaban J connectivity index is 1.77. The summed E-state index contributed by atoms with van der Waals surface area (Å²) in [6.07, 6.45) is 2.17. The molecule has 1 N–H and O–H groups in total. The molecule has 0 radical (unpaired) electrons. The zero-order valence-electron chi connectivity index (χ0n) is 15.2. The van der Waals surface area contributed by atoms with Crippen LogP contribution >= 0.6 is 11.3 Å². The van der Waals surface area contributed by atoms with Crippen LogP contribution in [0.3, 0.4) is 0 Å². The molecule has 2 heterocycles. The van der Waals surface area contributed by atoms with Gasteiger partial charge in [-0.3, -0.25) is 0 Å². The molecule has 0 amide bonds. The Morgan fingerprint density at radius 3 is 2.59 bits per heavy atom. The Labute approximate surface area is 163 Å². The SMILES string of the molecule is Cc1cccc2c1CCC1=C2c2sc3ccccc3c2-c2ccccc2N1. The van der Waals surface area contributed by atoms with Crippen molar-refractivity contribution in [2.45, 2.75) is 19.8 Å². The summed E-state index contributed by atoms with van der Waals surface area (Å²) < 4.78 is 1.37. The maximum absolute atomic E-state index is 3.81. The number of allylic oxidation sites excluding steroid dienone is 1. The molecule has 0 saturated heterocycles. The van der Waals surface area contributed by atoms with Gasteiger partial charge >= 0.3 is 0 Å². The van der Waals surface area contributed by atoms with Gasteiger partial charge in [0.1, 0.15) is 0 Å². The van der Waals surface area contributed by atoms with Crippen molar-refractivity contribution < 1.29 is 0 Å². The summed E-state index contributed by atoms with van der Waals surface area (Å²) >= 11 is 1.93. The largest absolute Gasteiger partial charge is 0.358 e. The van der Waals surface area contributed by atoms with E-state index < -0.39 is 0 Å². The fourth-order valence-corrected chi connectivity index (χ4v) is 5.96. The highest BCUT2D eigenvalue weighted by Crippen LogP contribution is 2.51. The standard InChI is InChI=1S/C25H19NS/c1-15-7-6-10-17-16(15)13-14-21-24(17)25-23(18-8-2-4-11-20(18)26-21)19-9-3-5-12-22(19)27-25/h2-12,26H,13-14H2,1H3. The van der Waals surface area contributed by atoms with Crippen LogP contribution in [0.25, 0.3) is 26.8 Å². The first kappa shape index (κ1) is 15.2. The number of para-hydroxylation sites is 1. The average Bonchev–Trinajstić information content (AvgIpc) is 3.00. The van der Waals surface area contributed by atoms with Gasteiger partial charge in [-0.25, -0.2) is 0 Å². The van der Waals surface area contributed by atoms with Crippen molar-refractivity contribution in [3.05, 3.63) is 94.0 Å². The second kappa shape index (κ2) is 5.58. The molecule has 2 heteroatoms. The van der Waals surface area contributed by atoms with Gasteiger partial charge in [-0.05, 0) is 48.6 Å². The third kappa shape index (κ3) is 2.11. The topological polar surface area (TPSA) is 12.0 Å². The highest BCUT2D eigenvalue weighted by atomic mass is 32.1. The predicted octanol–water partition coefficient (Wildman–Crippen LogP) is 7.01. The quantitative estimate of drug-likeness (QED) is 0.353. The van der Waals surface area contributed by atoms with E-state index in [9.17, 15) is 0 Å². The number of anilines is 1. The van der Waals surface area contributed by atoms with Crippen molar-refractivity contribution in [2.24, 2.45) is 0 Å². The molecule has 0 unspecified atom stereocenters. The summed E-state index contributed by atoms with van der Waals surface area (Å²) in [7, 11) is 0. The lowest BCUT2D eigenvalue weighted by Crippen LogP contribution is -2.11. The highest BCUT2D eigenvalue weighted by molar-refractivity contribution is 7.20. The first-order chi connectivity index (χ1) is 13.3. The fourth-order valence-electron chi connectivity index (χ4n) is 4.65. The minimum absolute atomic E-state index is 1.06. The van der Waals surface area contributed by atoms with Gasteiger partial charge in [0.05, 0.1) is 0 Å². The van der Waals surface area contributed by atoms with E-state index >= 15 is 0 Å². The normalized spacial score (nSPS) is 14.7. The molecule has 3 aromatic carbocycles. The van der Waals surface area contributed by atoms with Crippen molar-refractivity contribution in [3.8, 4) is 11.1 Å². The predicted molar refractivity (Wildman–Crippen MR) is 116 cm³/mol. The average molecular weight is 366 g/mol. The number of rotatable bonds is 0. The van der Waals surface area contributed by atoms with Crippen molar-refractivity contribution in [1.82, 2.24) is 0 Å². The lowest BCUT2D eigenvalue weighted by Gasteiger charge is -2.24. The molecule has 4 aromatic rings. The molecule has 1 aliphatic heterocycles. The Kier molecular flexibility index (Phi) is 3.15. The number of fused-ring (bicyclic) bond motifs is 8. The number of nitrogens with one attached hydrogen (secondary N) is 1. The molecule has 0 saturated carbocycles. The van der Waals surface area contributed by atoms with Crippen molar-refractivity contribution >= 4 is 32.7 Å². The van der Waals surface area contributed by atoms with Crippen LogP contribution < -0.4 is 5.32 Å². The van der Waals surface area contributed by atoms with E-state index in [2.05, 4.69) is 79.0 Å². The van der Waals surface area contributed by atoms with E-state index in [-0.39, 0.29) is 0 Å². The maximum Gasteiger partial charge on any atom is 0.0462 e. The summed E-state index contributed by atoms with van der Waals surface area (Å²) in [6.45, 7) is 2.25. The third-order valence-corrected chi connectivity index (χ3v) is 7.10. The van der Waals surface area contributed by atoms with Crippen LogP contribution in [0, 0.1) is 6.92 Å². The van der Waals surface area contributed by atoms with Gasteiger partial charge in [0.25, 0.3) is 0 Å². The molecule has 0 bridgehead atoms. The lowest BCUT2D eigenvalue weighted by atomic mass is 9.84. The van der Waals surface area contributed by atoms with Crippen LogP contribution in [-0.2, 0) is 6.42 Å². The molecule has 6 rings (SSSR count). The van der Waals surface area contributed by atoms with Crippen molar-refractivity contribution in [2.75, 3.05) is 5.32 Å². The van der Waals surface area contributed by atoms with Gasteiger partial charge in [-0.2, -0.15) is 0 Å². The van der Waals surface area contributed by atoms with Crippen LogP contribution in [0.2, 0.25) is 0 Å². The van der Waals surface area contributed by atoms with E-state index in [0.717, 1.165) is 12.8 Å². The second-order valence-corrected chi connectivity index (χ2v) is 8.48. The highest BCUT2D eigenvalue weighted by Gasteiger charge is 2.29. The maximum atomic E-state index is 3.81. The smallest absolute Gasteiger partial charge is 0.0462 e. The first-order valence-corrected chi connectivity index (χ1v) is 10.3. The van der Waals surface area contributed by atoms with E-state index in [0.29, 0.717) is 0 Å². The molecule has 0 fully saturated rings. The zero-order valence-corrected chi connectivity index (χ0v) is 16.0. The van der Waals surface area contributed by atoms with E-state index in [1.165, 1.54) is 59.7 Å². The van der Waals surface area contributed by atoms with Crippen molar-refractivity contribution in [3.63, 3.8) is 0 Å². The molecular weight excluding hydrogens is 346 g/mol. The van der Waals surface area contributed by atoms with Crippen LogP contribution in [0.5, 0.6) is 0 Å². The van der Waals surface area contributed by atoms with Crippen molar-refractivity contribution in [1.29, 1.82) is 0 Å². The van der Waals surface area contributed by atoms with E-state index in [1.807, 2.05) is 11.3 Å². The fraction of sp³-hybridized carbons (Fsp3) is 0.120. The summed E-state index contributed by atoms with van der Waals surface area (Å²) in [5.74, 6) is 0. The van der Waals surface area contributed by atoms with Crippen LogP contribution in [0.1, 0.15) is 28.0 Å². The Morgan fingerprint density at radius 2 is 1.63 bits per heavy atom. The number of hydrogen-bond acceptors (Lipinski definition) is 2. The monoisotopic (exact) mass is 365 g/mol. The van der Waals surface area contributed by atoms with E-state index in [4.69, 9.17) is 0 Å². The molecule has 1 aliphatic carbocycles. The second-order valence-electron chi connectivity index (χ2n) is 7.43.